The van der Waals surface area contributed by atoms with Crippen molar-refractivity contribution in [2.24, 2.45) is 0 Å². The van der Waals surface area contributed by atoms with Crippen LogP contribution in [0.15, 0.2) is 53.2 Å². The summed E-state index contributed by atoms with van der Waals surface area (Å²) in [7, 11) is 0. The molecule has 2 aromatic rings. The van der Waals surface area contributed by atoms with E-state index in [4.69, 9.17) is 16.3 Å². The van der Waals surface area contributed by atoms with E-state index in [9.17, 15) is 9.59 Å². The van der Waals surface area contributed by atoms with Gasteiger partial charge in [0.1, 0.15) is 16.5 Å². The largest absolute Gasteiger partial charge is 0.494 e. The molecule has 0 aromatic heterocycles. The van der Waals surface area contributed by atoms with Gasteiger partial charge in [0.2, 0.25) is 0 Å². The van der Waals surface area contributed by atoms with E-state index in [0.29, 0.717) is 18.0 Å². The Hall–Kier alpha value is -2.06. The zero-order chi connectivity index (χ0) is 18.8. The lowest BCUT2D eigenvalue weighted by Crippen LogP contribution is -2.32. The lowest BCUT2D eigenvalue weighted by Gasteiger charge is -2.16. The van der Waals surface area contributed by atoms with Crippen molar-refractivity contribution in [1.29, 1.82) is 0 Å². The predicted octanol–water partition coefficient (Wildman–Crippen LogP) is 4.43. The summed E-state index contributed by atoms with van der Waals surface area (Å²) in [6.45, 7) is 4.35. The highest BCUT2D eigenvalue weighted by atomic mass is 127. The Morgan fingerprint density at radius 3 is 2.42 bits per heavy atom. The molecule has 2 amide bonds. The van der Waals surface area contributed by atoms with E-state index in [2.05, 4.69) is 27.9 Å². The molecule has 0 unspecified atom stereocenters. The van der Waals surface area contributed by atoms with Gasteiger partial charge >= 0.3 is 0 Å². The number of carbonyl (C=O) groups is 2. The van der Waals surface area contributed by atoms with E-state index in [1.54, 1.807) is 24.3 Å². The lowest BCUT2D eigenvalue weighted by molar-refractivity contribution is -0.120. The second-order valence-corrected chi connectivity index (χ2v) is 7.27. The number of amides is 2. The van der Waals surface area contributed by atoms with Gasteiger partial charge in [-0.1, -0.05) is 11.6 Å². The number of anilines is 2. The van der Waals surface area contributed by atoms with Crippen LogP contribution >= 0.6 is 34.2 Å². The van der Waals surface area contributed by atoms with E-state index in [1.807, 2.05) is 32.0 Å². The molecule has 1 heterocycles. The number of halogens is 2. The molecule has 0 saturated carbocycles. The summed E-state index contributed by atoms with van der Waals surface area (Å²) in [6, 6.07) is 12.5. The molecule has 0 atom stereocenters. The van der Waals surface area contributed by atoms with Gasteiger partial charge in [0, 0.05) is 9.26 Å². The van der Waals surface area contributed by atoms with E-state index in [1.165, 1.54) is 0 Å². The number of aryl methyl sites for hydroxylation is 1. The number of imide groups is 1. The molecular formula is C19H16ClIN2O3. The van der Waals surface area contributed by atoms with Crippen LogP contribution in [0.5, 0.6) is 5.75 Å². The van der Waals surface area contributed by atoms with E-state index in [0.717, 1.165) is 19.7 Å². The van der Waals surface area contributed by atoms with Gasteiger partial charge in [-0.2, -0.15) is 0 Å². The molecule has 2 aromatic carbocycles. The van der Waals surface area contributed by atoms with Crippen molar-refractivity contribution in [1.82, 2.24) is 0 Å². The first-order valence-corrected chi connectivity index (χ1v) is 9.42. The van der Waals surface area contributed by atoms with Crippen molar-refractivity contribution in [2.45, 2.75) is 13.8 Å². The minimum Gasteiger partial charge on any atom is -0.494 e. The van der Waals surface area contributed by atoms with E-state index in [-0.39, 0.29) is 10.7 Å². The van der Waals surface area contributed by atoms with Gasteiger partial charge in [0.25, 0.3) is 11.8 Å². The number of ether oxygens (including phenoxy) is 1. The van der Waals surface area contributed by atoms with Gasteiger partial charge in [-0.25, -0.2) is 4.90 Å². The van der Waals surface area contributed by atoms with Crippen LogP contribution in [-0.4, -0.2) is 18.4 Å². The lowest BCUT2D eigenvalue weighted by atomic mass is 10.2. The smallest absolute Gasteiger partial charge is 0.283 e. The monoisotopic (exact) mass is 482 g/mol. The van der Waals surface area contributed by atoms with Crippen LogP contribution in [0, 0.1) is 10.5 Å². The topological polar surface area (TPSA) is 58.6 Å². The number of rotatable bonds is 5. The molecule has 26 heavy (non-hydrogen) atoms. The number of nitrogens with one attached hydrogen (secondary N) is 1. The minimum absolute atomic E-state index is 0.0786. The molecule has 0 radical (unpaired) electrons. The Bertz CT molecular complexity index is 910. The van der Waals surface area contributed by atoms with Gasteiger partial charge in [-0.05, 0) is 84.5 Å². The Kier molecular flexibility index (Phi) is 5.52. The van der Waals surface area contributed by atoms with Gasteiger partial charge < -0.3 is 10.1 Å². The molecule has 0 fully saturated rings. The standard InChI is InChI=1S/C19H16ClIN2O3/c1-3-26-14-7-5-13(6-8-14)23-18(24)16(20)17(19(23)25)22-15-9-4-12(21)10-11(15)2/h4-10,22H,3H2,1-2H3. The maximum absolute atomic E-state index is 12.8. The normalized spacial score (nSPS) is 14.2. The van der Waals surface area contributed by atoms with Crippen LogP contribution in [0.25, 0.3) is 0 Å². The summed E-state index contributed by atoms with van der Waals surface area (Å²) in [5.74, 6) is -0.365. The fourth-order valence-corrected chi connectivity index (χ4v) is 3.47. The zero-order valence-electron chi connectivity index (χ0n) is 14.2. The molecular weight excluding hydrogens is 467 g/mol. The first-order valence-electron chi connectivity index (χ1n) is 7.97. The van der Waals surface area contributed by atoms with Gasteiger partial charge in [0.15, 0.2) is 0 Å². The molecule has 0 saturated heterocycles. The van der Waals surface area contributed by atoms with Gasteiger partial charge in [0.05, 0.1) is 12.3 Å². The molecule has 3 rings (SSSR count). The molecule has 1 aliphatic rings. The number of carbonyl (C=O) groups excluding carboxylic acids is 2. The molecule has 0 spiro atoms. The van der Waals surface area contributed by atoms with E-state index >= 15 is 0 Å². The average Bonchev–Trinajstić information content (AvgIpc) is 2.82. The number of nitrogens with zero attached hydrogens (tertiary/aromatic N) is 1. The van der Waals surface area contributed by atoms with Gasteiger partial charge in [-0.3, -0.25) is 9.59 Å². The third-order valence-electron chi connectivity index (χ3n) is 3.88. The zero-order valence-corrected chi connectivity index (χ0v) is 17.1. The second-order valence-electron chi connectivity index (χ2n) is 5.65. The molecule has 1 N–H and O–H groups in total. The van der Waals surface area contributed by atoms with Crippen molar-refractivity contribution in [3.63, 3.8) is 0 Å². The van der Waals surface area contributed by atoms with Crippen molar-refractivity contribution in [3.05, 3.63) is 62.3 Å². The number of benzene rings is 2. The van der Waals surface area contributed by atoms with Gasteiger partial charge in [-0.15, -0.1) is 0 Å². The van der Waals surface area contributed by atoms with Crippen LogP contribution < -0.4 is 15.0 Å². The maximum atomic E-state index is 12.8. The van der Waals surface area contributed by atoms with Crippen LogP contribution in [0.4, 0.5) is 11.4 Å². The summed E-state index contributed by atoms with van der Waals surface area (Å²) in [5, 5.41) is 2.88. The summed E-state index contributed by atoms with van der Waals surface area (Å²) in [5.41, 5.74) is 2.20. The Morgan fingerprint density at radius 2 is 1.81 bits per heavy atom. The second kappa shape index (κ2) is 7.67. The fraction of sp³-hybridized carbons (Fsp3) is 0.158. The highest BCUT2D eigenvalue weighted by Crippen LogP contribution is 2.31. The molecule has 0 aliphatic carbocycles. The summed E-state index contributed by atoms with van der Waals surface area (Å²) in [6.07, 6.45) is 0. The quantitative estimate of drug-likeness (QED) is 0.506. The average molecular weight is 483 g/mol. The summed E-state index contributed by atoms with van der Waals surface area (Å²) < 4.78 is 6.46. The van der Waals surface area contributed by atoms with Crippen LogP contribution in [-0.2, 0) is 9.59 Å². The Balaban J connectivity index is 1.87. The van der Waals surface area contributed by atoms with Crippen molar-refractivity contribution in [3.8, 4) is 5.75 Å². The highest BCUT2D eigenvalue weighted by molar-refractivity contribution is 14.1. The van der Waals surface area contributed by atoms with Crippen LogP contribution in [0.2, 0.25) is 0 Å². The molecule has 7 heteroatoms. The predicted molar refractivity (Wildman–Crippen MR) is 111 cm³/mol. The van der Waals surface area contributed by atoms with E-state index < -0.39 is 11.8 Å². The molecule has 5 nitrogen and oxygen atoms in total. The Labute approximate surface area is 170 Å². The molecule has 0 bridgehead atoms. The first kappa shape index (κ1) is 18.7. The van der Waals surface area contributed by atoms with Crippen LogP contribution in [0.1, 0.15) is 12.5 Å². The fourth-order valence-electron chi connectivity index (χ4n) is 2.61. The SMILES string of the molecule is CCOc1ccc(N2C(=O)C(Cl)=C(Nc3ccc(I)cc3C)C2=O)cc1. The highest BCUT2D eigenvalue weighted by Gasteiger charge is 2.39. The van der Waals surface area contributed by atoms with Crippen molar-refractivity contribution < 1.29 is 14.3 Å². The minimum atomic E-state index is -0.550. The number of hydrogen-bond donors (Lipinski definition) is 1. The molecule has 134 valence electrons. The summed E-state index contributed by atoms with van der Waals surface area (Å²) >= 11 is 8.37. The Morgan fingerprint density at radius 1 is 1.12 bits per heavy atom. The molecule has 1 aliphatic heterocycles. The third-order valence-corrected chi connectivity index (χ3v) is 4.90. The third kappa shape index (κ3) is 3.57. The summed E-state index contributed by atoms with van der Waals surface area (Å²) in [4.78, 5) is 26.4. The van der Waals surface area contributed by atoms with Crippen LogP contribution in [0.3, 0.4) is 0 Å². The van der Waals surface area contributed by atoms with Crippen molar-refractivity contribution >= 4 is 57.4 Å². The number of hydrogen-bond acceptors (Lipinski definition) is 4. The maximum Gasteiger partial charge on any atom is 0.283 e. The van der Waals surface area contributed by atoms with Crippen molar-refractivity contribution in [2.75, 3.05) is 16.8 Å². The first-order chi connectivity index (χ1) is 12.4.